The Morgan fingerprint density at radius 2 is 1.48 bits per heavy atom. The van der Waals surface area contributed by atoms with Gasteiger partial charge < -0.3 is 0 Å². The molecule has 0 aliphatic carbocycles. The zero-order valence-corrected chi connectivity index (χ0v) is 16.0. The van der Waals surface area contributed by atoms with Gasteiger partial charge in [0.25, 0.3) is 5.82 Å². The zero-order valence-electron chi connectivity index (χ0n) is 16.0. The molecule has 3 aromatic rings. The quantitative estimate of drug-likeness (QED) is 0.652. The molecule has 0 unspecified atom stereocenters. The highest BCUT2D eigenvalue weighted by atomic mass is 15.0. The molecule has 0 bridgehead atoms. The number of nitrogens with zero attached hydrogens (tertiary/aromatic N) is 3. The van der Waals surface area contributed by atoms with E-state index in [0.717, 1.165) is 5.82 Å². The van der Waals surface area contributed by atoms with E-state index in [4.69, 9.17) is 0 Å². The first kappa shape index (κ1) is 17.3. The lowest BCUT2D eigenvalue weighted by Crippen LogP contribution is -2.40. The monoisotopic (exact) mass is 333 g/mol. The summed E-state index contributed by atoms with van der Waals surface area (Å²) in [5.41, 5.74) is 6.25. The molecule has 0 saturated heterocycles. The van der Waals surface area contributed by atoms with Crippen LogP contribution in [0, 0.1) is 20.8 Å². The molecule has 0 aliphatic heterocycles. The van der Waals surface area contributed by atoms with E-state index in [2.05, 4.69) is 91.5 Å². The van der Waals surface area contributed by atoms with Gasteiger partial charge in [-0.25, -0.2) is 0 Å². The second-order valence-corrected chi connectivity index (χ2v) is 7.64. The molecule has 0 radical (unpaired) electrons. The number of pyridine rings is 1. The average Bonchev–Trinajstić information content (AvgIpc) is 2.55. The van der Waals surface area contributed by atoms with E-state index in [1.807, 2.05) is 19.2 Å². The van der Waals surface area contributed by atoms with Crippen molar-refractivity contribution in [2.75, 3.05) is 0 Å². The molecule has 1 aromatic carbocycles. The van der Waals surface area contributed by atoms with Crippen LogP contribution in [0.2, 0.25) is 0 Å². The Morgan fingerprint density at radius 3 is 2.08 bits per heavy atom. The molecule has 25 heavy (non-hydrogen) atoms. The van der Waals surface area contributed by atoms with Gasteiger partial charge in [0.05, 0.1) is 5.56 Å². The van der Waals surface area contributed by atoms with Gasteiger partial charge in [0.15, 0.2) is 11.9 Å². The van der Waals surface area contributed by atoms with Crippen LogP contribution in [0.15, 0.2) is 55.0 Å². The predicted molar refractivity (Wildman–Crippen MR) is 100 cm³/mol. The average molecular weight is 333 g/mol. The van der Waals surface area contributed by atoms with Gasteiger partial charge in [-0.1, -0.05) is 31.8 Å². The second-order valence-electron chi connectivity index (χ2n) is 7.64. The summed E-state index contributed by atoms with van der Waals surface area (Å²) in [4.78, 5) is 4.46. The molecule has 3 heteroatoms. The summed E-state index contributed by atoms with van der Waals surface area (Å²) >= 11 is 0. The summed E-state index contributed by atoms with van der Waals surface area (Å²) in [6, 6.07) is 12.9. The molecule has 0 saturated carbocycles. The van der Waals surface area contributed by atoms with Crippen molar-refractivity contribution in [2.24, 2.45) is 0 Å². The number of hydrogen-bond donors (Lipinski definition) is 0. The Hall–Kier alpha value is -2.55. The molecule has 0 N–H and O–H groups in total. The van der Waals surface area contributed by atoms with Crippen LogP contribution >= 0.6 is 0 Å². The van der Waals surface area contributed by atoms with E-state index < -0.39 is 0 Å². The molecular weight excluding hydrogens is 306 g/mol. The lowest BCUT2D eigenvalue weighted by atomic mass is 9.85. The fourth-order valence-corrected chi connectivity index (χ4v) is 3.12. The number of aromatic nitrogens is 3. The fraction of sp³-hybridized carbons (Fsp3) is 0.318. The van der Waals surface area contributed by atoms with Crippen LogP contribution in [-0.4, -0.2) is 4.98 Å². The third-order valence-electron chi connectivity index (χ3n) is 4.73. The predicted octanol–water partition coefficient (Wildman–Crippen LogP) is 3.86. The first-order chi connectivity index (χ1) is 11.8. The van der Waals surface area contributed by atoms with E-state index in [-0.39, 0.29) is 5.41 Å². The van der Waals surface area contributed by atoms with E-state index in [9.17, 15) is 0 Å². The van der Waals surface area contributed by atoms with Gasteiger partial charge in [-0.2, -0.15) is 9.13 Å². The highest BCUT2D eigenvalue weighted by Crippen LogP contribution is 2.27. The maximum absolute atomic E-state index is 4.46. The van der Waals surface area contributed by atoms with Crippen molar-refractivity contribution in [2.45, 2.75) is 47.0 Å². The molecule has 3 nitrogen and oxygen atoms in total. The second kappa shape index (κ2) is 6.40. The van der Waals surface area contributed by atoms with Gasteiger partial charge in [0, 0.05) is 38.1 Å². The number of rotatable bonds is 2. The largest absolute Gasteiger partial charge is 0.300 e. The molecule has 0 spiro atoms. The van der Waals surface area contributed by atoms with E-state index in [1.54, 1.807) is 0 Å². The summed E-state index contributed by atoms with van der Waals surface area (Å²) in [6.45, 7) is 13.2. The Bertz CT molecular complexity index is 854. The highest BCUT2D eigenvalue weighted by molar-refractivity contribution is 5.49. The van der Waals surface area contributed by atoms with Crippen LogP contribution in [0.3, 0.4) is 0 Å². The standard InChI is InChI=1S/C22H27N3/c1-16-10-7-8-12-24(16)20-14-19(22(4,5)6)15-21(17(20)2)25-13-9-11-23-18(25)3/h7-15H,1-6H3/q+2. The van der Waals surface area contributed by atoms with Crippen molar-refractivity contribution in [1.82, 2.24) is 4.98 Å². The van der Waals surface area contributed by atoms with Gasteiger partial charge in [0.2, 0.25) is 5.69 Å². The normalized spacial score (nSPS) is 11.6. The molecule has 3 rings (SSSR count). The van der Waals surface area contributed by atoms with E-state index in [1.165, 1.54) is 28.2 Å². The van der Waals surface area contributed by atoms with E-state index >= 15 is 0 Å². The van der Waals surface area contributed by atoms with Crippen LogP contribution in [0.5, 0.6) is 0 Å². The van der Waals surface area contributed by atoms with Gasteiger partial charge in [-0.3, -0.25) is 0 Å². The van der Waals surface area contributed by atoms with Crippen molar-refractivity contribution < 1.29 is 9.13 Å². The maximum Gasteiger partial charge on any atom is 0.300 e. The van der Waals surface area contributed by atoms with Crippen molar-refractivity contribution >= 4 is 0 Å². The van der Waals surface area contributed by atoms with Crippen LogP contribution in [0.4, 0.5) is 0 Å². The molecule has 0 fully saturated rings. The Kier molecular flexibility index (Phi) is 4.42. The lowest BCUT2D eigenvalue weighted by Gasteiger charge is -2.21. The SMILES string of the molecule is Cc1c(-[n+]2ccccc2C)cc(C(C)(C)C)cc1-[n+]1cccnc1C. The summed E-state index contributed by atoms with van der Waals surface area (Å²) in [7, 11) is 0. The van der Waals surface area contributed by atoms with Crippen molar-refractivity contribution in [3.8, 4) is 11.4 Å². The molecule has 0 amide bonds. The van der Waals surface area contributed by atoms with Crippen molar-refractivity contribution in [3.63, 3.8) is 0 Å². The summed E-state index contributed by atoms with van der Waals surface area (Å²) < 4.78 is 4.44. The highest BCUT2D eigenvalue weighted by Gasteiger charge is 2.25. The number of aryl methyl sites for hydroxylation is 2. The topological polar surface area (TPSA) is 20.6 Å². The fourth-order valence-electron chi connectivity index (χ4n) is 3.12. The van der Waals surface area contributed by atoms with Gasteiger partial charge in [0.1, 0.15) is 18.1 Å². The minimum absolute atomic E-state index is 0.0666. The summed E-state index contributed by atoms with van der Waals surface area (Å²) in [5.74, 6) is 0.984. The molecule has 2 heterocycles. The molecular formula is C22H27N3+2. The minimum atomic E-state index is 0.0666. The van der Waals surface area contributed by atoms with Crippen LogP contribution in [-0.2, 0) is 5.41 Å². The number of benzene rings is 1. The van der Waals surface area contributed by atoms with Gasteiger partial charge in [-0.15, -0.1) is 0 Å². The minimum Gasteiger partial charge on any atom is -0.200 e. The maximum atomic E-state index is 4.46. The molecule has 0 aliphatic rings. The van der Waals surface area contributed by atoms with Crippen molar-refractivity contribution in [1.29, 1.82) is 0 Å². The summed E-state index contributed by atoms with van der Waals surface area (Å²) in [5, 5.41) is 0. The Labute approximate surface area is 150 Å². The van der Waals surface area contributed by atoms with Crippen LogP contribution in [0.1, 0.15) is 43.4 Å². The van der Waals surface area contributed by atoms with Crippen LogP contribution in [0.25, 0.3) is 11.4 Å². The van der Waals surface area contributed by atoms with Gasteiger partial charge in [-0.05, 0) is 24.0 Å². The third-order valence-corrected chi connectivity index (χ3v) is 4.73. The van der Waals surface area contributed by atoms with Crippen molar-refractivity contribution in [3.05, 3.63) is 77.6 Å². The number of hydrogen-bond acceptors (Lipinski definition) is 1. The first-order valence-electron chi connectivity index (χ1n) is 8.75. The Morgan fingerprint density at radius 1 is 0.840 bits per heavy atom. The van der Waals surface area contributed by atoms with E-state index in [0.29, 0.717) is 0 Å². The van der Waals surface area contributed by atoms with Gasteiger partial charge >= 0.3 is 0 Å². The molecule has 2 aromatic heterocycles. The first-order valence-corrected chi connectivity index (χ1v) is 8.75. The third kappa shape index (κ3) is 3.32. The molecule has 128 valence electrons. The summed E-state index contributed by atoms with van der Waals surface area (Å²) in [6.07, 6.45) is 6.06. The lowest BCUT2D eigenvalue weighted by molar-refractivity contribution is -0.613. The zero-order chi connectivity index (χ0) is 18.2. The smallest absolute Gasteiger partial charge is 0.200 e. The van der Waals surface area contributed by atoms with Crippen LogP contribution < -0.4 is 9.13 Å². The molecule has 0 atom stereocenters. The Balaban J connectivity index is 2.35.